The highest BCUT2D eigenvalue weighted by Crippen LogP contribution is 2.24. The minimum absolute atomic E-state index is 0.106. The maximum Gasteiger partial charge on any atom is 0.318 e. The van der Waals surface area contributed by atoms with Crippen molar-refractivity contribution in [3.63, 3.8) is 0 Å². The molecule has 0 heterocycles. The Labute approximate surface area is 147 Å². The molecule has 1 atom stereocenters. The van der Waals surface area contributed by atoms with E-state index in [1.54, 1.807) is 19.2 Å². The van der Waals surface area contributed by atoms with E-state index in [0.717, 1.165) is 11.1 Å². The number of nitrogens with zero attached hydrogens (tertiary/aromatic N) is 1. The molecule has 2 N–H and O–H groups in total. The van der Waals surface area contributed by atoms with E-state index in [1.807, 2.05) is 31.2 Å². The van der Waals surface area contributed by atoms with Gasteiger partial charge in [0, 0.05) is 13.1 Å². The van der Waals surface area contributed by atoms with Gasteiger partial charge in [0.05, 0.1) is 19.8 Å². The van der Waals surface area contributed by atoms with Crippen LogP contribution in [0.5, 0.6) is 5.75 Å². The summed E-state index contributed by atoms with van der Waals surface area (Å²) in [6.45, 7) is 2.47. The number of hydrogen-bond donors (Lipinski definition) is 2. The molecule has 1 unspecified atom stereocenters. The van der Waals surface area contributed by atoms with Crippen LogP contribution in [0.1, 0.15) is 24.1 Å². The van der Waals surface area contributed by atoms with Crippen LogP contribution in [0.3, 0.4) is 0 Å². The predicted molar refractivity (Wildman–Crippen MR) is 94.1 cm³/mol. The number of urea groups is 1. The lowest BCUT2D eigenvalue weighted by Gasteiger charge is -2.26. The van der Waals surface area contributed by atoms with Crippen molar-refractivity contribution in [2.24, 2.45) is 0 Å². The van der Waals surface area contributed by atoms with Crippen LogP contribution >= 0.6 is 0 Å². The lowest BCUT2D eigenvalue weighted by molar-refractivity contribution is 0.178. The van der Waals surface area contributed by atoms with Gasteiger partial charge < -0.3 is 20.1 Å². The highest BCUT2D eigenvalue weighted by atomic mass is 19.1. The van der Waals surface area contributed by atoms with E-state index < -0.39 is 6.04 Å². The third-order valence-corrected chi connectivity index (χ3v) is 3.96. The third kappa shape index (κ3) is 4.93. The van der Waals surface area contributed by atoms with E-state index in [4.69, 9.17) is 9.84 Å². The van der Waals surface area contributed by atoms with Gasteiger partial charge >= 0.3 is 6.03 Å². The number of halogens is 1. The molecule has 25 heavy (non-hydrogen) atoms. The number of benzene rings is 2. The van der Waals surface area contributed by atoms with Crippen LogP contribution in [0.4, 0.5) is 9.18 Å². The minimum Gasteiger partial charge on any atom is -0.497 e. The van der Waals surface area contributed by atoms with E-state index in [2.05, 4.69) is 5.32 Å². The molecule has 0 saturated heterocycles. The fourth-order valence-electron chi connectivity index (χ4n) is 2.55. The number of hydrogen-bond acceptors (Lipinski definition) is 3. The quantitative estimate of drug-likeness (QED) is 0.810. The molecular weight excluding hydrogens is 323 g/mol. The number of ether oxygens (including phenoxy) is 1. The van der Waals surface area contributed by atoms with Gasteiger partial charge in [-0.25, -0.2) is 9.18 Å². The van der Waals surface area contributed by atoms with Crippen molar-refractivity contribution in [2.45, 2.75) is 13.0 Å². The molecule has 2 rings (SSSR count). The molecule has 2 aromatic carbocycles. The summed E-state index contributed by atoms with van der Waals surface area (Å²) in [4.78, 5) is 14.0. The van der Waals surface area contributed by atoms with E-state index in [9.17, 15) is 9.18 Å². The Morgan fingerprint density at radius 3 is 2.20 bits per heavy atom. The second kappa shape index (κ2) is 9.03. The zero-order valence-electron chi connectivity index (χ0n) is 14.4. The summed E-state index contributed by atoms with van der Waals surface area (Å²) in [5.41, 5.74) is 1.61. The molecular formula is C19H23FN2O3. The summed E-state index contributed by atoms with van der Waals surface area (Å²) in [6, 6.07) is 12.6. The second-order valence-electron chi connectivity index (χ2n) is 5.51. The zero-order chi connectivity index (χ0) is 18.2. The van der Waals surface area contributed by atoms with E-state index >= 15 is 0 Å². The molecule has 134 valence electrons. The van der Waals surface area contributed by atoms with Crippen molar-refractivity contribution in [3.8, 4) is 5.75 Å². The van der Waals surface area contributed by atoms with Gasteiger partial charge in [0.1, 0.15) is 11.6 Å². The van der Waals surface area contributed by atoms with Crippen molar-refractivity contribution >= 4 is 6.03 Å². The lowest BCUT2D eigenvalue weighted by Crippen LogP contribution is -2.43. The van der Waals surface area contributed by atoms with E-state index in [-0.39, 0.29) is 25.0 Å². The molecule has 0 saturated carbocycles. The fourth-order valence-corrected chi connectivity index (χ4v) is 2.55. The first kappa shape index (κ1) is 18.7. The van der Waals surface area contributed by atoms with Crippen molar-refractivity contribution in [1.29, 1.82) is 0 Å². The van der Waals surface area contributed by atoms with Gasteiger partial charge in [0.15, 0.2) is 0 Å². The highest BCUT2D eigenvalue weighted by Gasteiger charge is 2.20. The average molecular weight is 346 g/mol. The van der Waals surface area contributed by atoms with Gasteiger partial charge in [0.2, 0.25) is 0 Å². The lowest BCUT2D eigenvalue weighted by atomic mass is 9.98. The van der Waals surface area contributed by atoms with Crippen molar-refractivity contribution in [3.05, 3.63) is 65.5 Å². The maximum atomic E-state index is 13.3. The van der Waals surface area contributed by atoms with Gasteiger partial charge in [0.25, 0.3) is 0 Å². The van der Waals surface area contributed by atoms with Crippen LogP contribution < -0.4 is 10.1 Å². The zero-order valence-corrected chi connectivity index (χ0v) is 14.4. The van der Waals surface area contributed by atoms with Crippen LogP contribution in [0, 0.1) is 5.82 Å². The molecule has 0 aliphatic carbocycles. The smallest absolute Gasteiger partial charge is 0.318 e. The highest BCUT2D eigenvalue weighted by molar-refractivity contribution is 5.75. The Bertz CT molecular complexity index is 674. The molecule has 0 radical (unpaired) electrons. The molecule has 6 heteroatoms. The number of carbonyl (C=O) groups is 1. The molecule has 0 aliphatic heterocycles. The average Bonchev–Trinajstić information content (AvgIpc) is 2.65. The summed E-state index contributed by atoms with van der Waals surface area (Å²) in [5.74, 6) is 0.377. The molecule has 0 aliphatic rings. The standard InChI is InChI=1S/C19H23FN2O3/c1-3-22(12-13-23)19(24)21-18(14-4-8-16(20)9-5-14)15-6-10-17(25-2)11-7-15/h4-11,18,23H,3,12-13H2,1-2H3,(H,21,24). The summed E-state index contributed by atoms with van der Waals surface area (Å²) in [7, 11) is 1.59. The van der Waals surface area contributed by atoms with Gasteiger partial charge in [-0.1, -0.05) is 24.3 Å². The first-order valence-corrected chi connectivity index (χ1v) is 8.14. The summed E-state index contributed by atoms with van der Waals surface area (Å²) in [5, 5.41) is 12.1. The largest absolute Gasteiger partial charge is 0.497 e. The van der Waals surface area contributed by atoms with Gasteiger partial charge in [-0.05, 0) is 42.3 Å². The Balaban J connectivity index is 2.31. The number of carbonyl (C=O) groups excluding carboxylic acids is 1. The van der Waals surface area contributed by atoms with Crippen molar-refractivity contribution in [2.75, 3.05) is 26.8 Å². The molecule has 0 spiro atoms. The molecule has 2 aromatic rings. The Morgan fingerprint density at radius 2 is 1.72 bits per heavy atom. The second-order valence-corrected chi connectivity index (χ2v) is 5.51. The minimum atomic E-state index is -0.438. The van der Waals surface area contributed by atoms with Gasteiger partial charge in [-0.2, -0.15) is 0 Å². The Kier molecular flexibility index (Phi) is 6.77. The number of methoxy groups -OCH3 is 1. The Hall–Kier alpha value is -2.60. The molecule has 0 fully saturated rings. The molecule has 5 nitrogen and oxygen atoms in total. The molecule has 2 amide bonds. The number of amides is 2. The van der Waals surface area contributed by atoms with Crippen LogP contribution in [0.15, 0.2) is 48.5 Å². The van der Waals surface area contributed by atoms with Crippen molar-refractivity contribution in [1.82, 2.24) is 10.2 Å². The summed E-state index contributed by atoms with van der Waals surface area (Å²) < 4.78 is 18.4. The SMILES string of the molecule is CCN(CCO)C(=O)NC(c1ccc(F)cc1)c1ccc(OC)cc1. The van der Waals surface area contributed by atoms with E-state index in [1.165, 1.54) is 17.0 Å². The topological polar surface area (TPSA) is 61.8 Å². The predicted octanol–water partition coefficient (Wildman–Crippen LogP) is 2.95. The van der Waals surface area contributed by atoms with E-state index in [0.29, 0.717) is 12.3 Å². The maximum absolute atomic E-state index is 13.3. The van der Waals surface area contributed by atoms with Crippen LogP contribution in [0.25, 0.3) is 0 Å². The molecule has 0 aromatic heterocycles. The number of rotatable bonds is 7. The first-order chi connectivity index (χ1) is 12.1. The van der Waals surface area contributed by atoms with Crippen LogP contribution in [-0.4, -0.2) is 42.8 Å². The summed E-state index contributed by atoms with van der Waals surface area (Å²) in [6.07, 6.45) is 0. The normalized spacial score (nSPS) is 11.7. The van der Waals surface area contributed by atoms with Crippen molar-refractivity contribution < 1.29 is 19.0 Å². The van der Waals surface area contributed by atoms with Gasteiger partial charge in [-0.3, -0.25) is 0 Å². The third-order valence-electron chi connectivity index (χ3n) is 3.96. The van der Waals surface area contributed by atoms with Crippen LogP contribution in [0.2, 0.25) is 0 Å². The first-order valence-electron chi connectivity index (χ1n) is 8.14. The van der Waals surface area contributed by atoms with Crippen LogP contribution in [-0.2, 0) is 0 Å². The fraction of sp³-hybridized carbons (Fsp3) is 0.316. The number of aliphatic hydroxyl groups excluding tert-OH is 1. The number of nitrogens with one attached hydrogen (secondary N) is 1. The Morgan fingerprint density at radius 1 is 1.16 bits per heavy atom. The number of likely N-dealkylation sites (N-methyl/N-ethyl adjacent to an activating group) is 1. The molecule has 0 bridgehead atoms. The number of aliphatic hydroxyl groups is 1. The summed E-state index contributed by atoms with van der Waals surface area (Å²) >= 11 is 0. The van der Waals surface area contributed by atoms with Gasteiger partial charge in [-0.15, -0.1) is 0 Å². The monoisotopic (exact) mass is 346 g/mol.